The van der Waals surface area contributed by atoms with Gasteiger partial charge in [0, 0.05) is 23.8 Å². The molecule has 0 saturated carbocycles. The van der Waals surface area contributed by atoms with Crippen molar-refractivity contribution in [1.82, 2.24) is 19.3 Å². The Morgan fingerprint density at radius 1 is 1.40 bits per heavy atom. The molecule has 9 nitrogen and oxygen atoms in total. The van der Waals surface area contributed by atoms with Crippen LogP contribution in [0, 0.1) is 12.7 Å². The monoisotopic (exact) mass is 475 g/mol. The molecule has 13 heteroatoms. The number of hydrogen-bond donors (Lipinski definition) is 3. The molecule has 1 aromatic carbocycles. The number of likely N-dealkylation sites (N-methyl/N-ethyl adjacent to an activating group) is 1. The van der Waals surface area contributed by atoms with Crippen LogP contribution in [0.4, 0.5) is 10.1 Å². The third kappa shape index (κ3) is 5.13. The predicted octanol–water partition coefficient (Wildman–Crippen LogP) is 1.41. The van der Waals surface area contributed by atoms with Gasteiger partial charge in [-0.1, -0.05) is 11.6 Å². The van der Waals surface area contributed by atoms with E-state index in [-0.39, 0.29) is 23.7 Å². The van der Waals surface area contributed by atoms with Crippen molar-refractivity contribution in [2.45, 2.75) is 32.0 Å². The molecule has 0 spiro atoms. The first-order chi connectivity index (χ1) is 14.1. The molecule has 3 N–H and O–H groups in total. The summed E-state index contributed by atoms with van der Waals surface area (Å²) >= 11 is 7.12. The van der Waals surface area contributed by atoms with Crippen molar-refractivity contribution >= 4 is 50.6 Å². The van der Waals surface area contributed by atoms with E-state index in [0.29, 0.717) is 0 Å². The zero-order chi connectivity index (χ0) is 22.1. The molecule has 2 unspecified atom stereocenters. The van der Waals surface area contributed by atoms with Gasteiger partial charge in [-0.3, -0.25) is 9.59 Å². The first kappa shape index (κ1) is 22.6. The molecule has 3 rings (SSSR count). The van der Waals surface area contributed by atoms with Crippen LogP contribution in [0.1, 0.15) is 16.3 Å². The van der Waals surface area contributed by atoms with Crippen LogP contribution in [0.5, 0.6) is 0 Å². The average Bonchev–Trinajstić information content (AvgIpc) is 3.10. The Bertz CT molecular complexity index is 1080. The van der Waals surface area contributed by atoms with Gasteiger partial charge in [0.2, 0.25) is 11.8 Å². The van der Waals surface area contributed by atoms with Gasteiger partial charge in [-0.2, -0.15) is 17.4 Å². The third-order valence-electron chi connectivity index (χ3n) is 4.48. The molecule has 1 fully saturated rings. The number of nitrogens with zero attached hydrogens (tertiary/aromatic N) is 2. The minimum Gasteiger partial charge on any atom is -0.350 e. The number of thiazole rings is 1. The van der Waals surface area contributed by atoms with Crippen LogP contribution in [0.25, 0.3) is 0 Å². The topological polar surface area (TPSA) is 120 Å². The molecule has 1 aliphatic heterocycles. The quantitative estimate of drug-likeness (QED) is 0.603. The smallest absolute Gasteiger partial charge is 0.280 e. The summed E-state index contributed by atoms with van der Waals surface area (Å²) in [4.78, 5) is 30.1. The second-order valence-corrected chi connectivity index (χ2v) is 10.1. The number of amides is 2. The van der Waals surface area contributed by atoms with E-state index >= 15 is 0 Å². The fourth-order valence-electron chi connectivity index (χ4n) is 2.87. The van der Waals surface area contributed by atoms with Gasteiger partial charge in [-0.15, -0.1) is 11.3 Å². The van der Waals surface area contributed by atoms with Crippen molar-refractivity contribution < 1.29 is 22.4 Å². The summed E-state index contributed by atoms with van der Waals surface area (Å²) in [6.07, 6.45) is 1.53. The zero-order valence-corrected chi connectivity index (χ0v) is 18.4. The number of hydrogen-bond acceptors (Lipinski definition) is 6. The number of rotatable bonds is 5. The van der Waals surface area contributed by atoms with Gasteiger partial charge in [0.25, 0.3) is 10.2 Å². The average molecular weight is 476 g/mol. The van der Waals surface area contributed by atoms with Gasteiger partial charge in [0.05, 0.1) is 16.6 Å². The summed E-state index contributed by atoms with van der Waals surface area (Å²) in [6, 6.07) is 1.31. The second-order valence-electron chi connectivity index (χ2n) is 6.62. The van der Waals surface area contributed by atoms with Crippen molar-refractivity contribution in [3.05, 3.63) is 45.1 Å². The Balaban J connectivity index is 1.70. The maximum absolute atomic E-state index is 13.3. The fraction of sp³-hybridized carbons (Fsp3) is 0.353. The Kier molecular flexibility index (Phi) is 6.72. The van der Waals surface area contributed by atoms with Crippen LogP contribution in [-0.2, 0) is 26.3 Å². The van der Waals surface area contributed by atoms with E-state index in [2.05, 4.69) is 20.3 Å². The molecule has 1 aromatic heterocycles. The van der Waals surface area contributed by atoms with Gasteiger partial charge in [-0.25, -0.2) is 9.37 Å². The lowest BCUT2D eigenvalue weighted by atomic mass is 10.1. The van der Waals surface area contributed by atoms with Crippen molar-refractivity contribution in [1.29, 1.82) is 0 Å². The minimum absolute atomic E-state index is 0.0932. The van der Waals surface area contributed by atoms with Crippen LogP contribution in [0.2, 0.25) is 5.02 Å². The molecule has 0 aliphatic carbocycles. The van der Waals surface area contributed by atoms with Crippen molar-refractivity contribution in [3.63, 3.8) is 0 Å². The van der Waals surface area contributed by atoms with E-state index in [1.54, 1.807) is 6.20 Å². The lowest BCUT2D eigenvalue weighted by molar-refractivity contribution is -0.124. The Morgan fingerprint density at radius 3 is 2.77 bits per heavy atom. The standard InChI is InChI=1S/C17H19ClFN5O4S2/c1-9-20-7-11(29-9)8-21-16(25)14-6-15(24(2)30(27,28)23-14)17(26)22-10-3-4-13(19)12(18)5-10/h3-5,7,14-15,23H,6,8H2,1-2H3,(H,21,25)(H,22,26). The van der Waals surface area contributed by atoms with E-state index in [1.165, 1.54) is 30.5 Å². The Morgan fingerprint density at radius 2 is 2.13 bits per heavy atom. The van der Waals surface area contributed by atoms with Gasteiger partial charge >= 0.3 is 0 Å². The van der Waals surface area contributed by atoms with Gasteiger partial charge in [0.1, 0.15) is 17.9 Å². The molecule has 1 saturated heterocycles. The lowest BCUT2D eigenvalue weighted by Gasteiger charge is -2.35. The predicted molar refractivity (Wildman–Crippen MR) is 111 cm³/mol. The molecule has 2 amide bonds. The van der Waals surface area contributed by atoms with Crippen molar-refractivity contribution in [2.24, 2.45) is 0 Å². The number of halogens is 2. The maximum Gasteiger partial charge on any atom is 0.280 e. The van der Waals surface area contributed by atoms with Crippen molar-refractivity contribution in [3.8, 4) is 0 Å². The van der Waals surface area contributed by atoms with Crippen LogP contribution in [-0.4, -0.2) is 48.7 Å². The molecule has 30 heavy (non-hydrogen) atoms. The SMILES string of the molecule is Cc1ncc(CNC(=O)C2CC(C(=O)Nc3ccc(F)c(Cl)c3)N(C)S(=O)(=O)N2)s1. The molecule has 2 heterocycles. The number of aryl methyl sites for hydroxylation is 1. The molecular weight excluding hydrogens is 457 g/mol. The molecule has 2 aromatic rings. The highest BCUT2D eigenvalue weighted by atomic mass is 35.5. The van der Waals surface area contributed by atoms with Gasteiger partial charge in [0.15, 0.2) is 0 Å². The largest absolute Gasteiger partial charge is 0.350 e. The first-order valence-electron chi connectivity index (χ1n) is 8.77. The molecule has 162 valence electrons. The summed E-state index contributed by atoms with van der Waals surface area (Å²) in [5.74, 6) is -1.87. The van der Waals surface area contributed by atoms with E-state index in [0.717, 1.165) is 20.3 Å². The Hall–Kier alpha value is -2.12. The highest BCUT2D eigenvalue weighted by molar-refractivity contribution is 7.87. The maximum atomic E-state index is 13.3. The van der Waals surface area contributed by atoms with E-state index in [4.69, 9.17) is 11.6 Å². The summed E-state index contributed by atoms with van der Waals surface area (Å²) in [6.45, 7) is 2.03. The highest BCUT2D eigenvalue weighted by Crippen LogP contribution is 2.22. The number of benzene rings is 1. The number of carbonyl (C=O) groups excluding carboxylic acids is 2. The number of carbonyl (C=O) groups is 2. The number of nitrogens with one attached hydrogen (secondary N) is 3. The first-order valence-corrected chi connectivity index (χ1v) is 11.4. The number of anilines is 1. The lowest BCUT2D eigenvalue weighted by Crippen LogP contribution is -2.62. The fourth-order valence-corrected chi connectivity index (χ4v) is 5.03. The molecule has 0 bridgehead atoms. The minimum atomic E-state index is -4.07. The summed E-state index contributed by atoms with van der Waals surface area (Å²) in [7, 11) is -2.84. The van der Waals surface area contributed by atoms with Crippen LogP contribution in [0.3, 0.4) is 0 Å². The van der Waals surface area contributed by atoms with Gasteiger partial charge in [-0.05, 0) is 31.5 Å². The number of aromatic nitrogens is 1. The van der Waals surface area contributed by atoms with E-state index in [9.17, 15) is 22.4 Å². The zero-order valence-electron chi connectivity index (χ0n) is 16.0. The molecule has 1 aliphatic rings. The summed E-state index contributed by atoms with van der Waals surface area (Å²) in [5.41, 5.74) is 0.206. The third-order valence-corrected chi connectivity index (χ3v) is 7.28. The molecular formula is C17H19ClFN5O4S2. The molecule has 0 radical (unpaired) electrons. The van der Waals surface area contributed by atoms with Crippen LogP contribution in [0.15, 0.2) is 24.4 Å². The second kappa shape index (κ2) is 8.94. The van der Waals surface area contributed by atoms with E-state index in [1.807, 2.05) is 6.92 Å². The summed E-state index contributed by atoms with van der Waals surface area (Å²) in [5, 5.41) is 5.82. The van der Waals surface area contributed by atoms with Gasteiger partial charge < -0.3 is 10.6 Å². The van der Waals surface area contributed by atoms with Crippen LogP contribution < -0.4 is 15.4 Å². The molecule has 2 atom stereocenters. The summed E-state index contributed by atoms with van der Waals surface area (Å²) < 4.78 is 41.3. The van der Waals surface area contributed by atoms with E-state index < -0.39 is 39.9 Å². The Labute approximate surface area is 181 Å². The van der Waals surface area contributed by atoms with Crippen LogP contribution >= 0.6 is 22.9 Å². The highest BCUT2D eigenvalue weighted by Gasteiger charge is 2.42. The normalized spacial score (nSPS) is 21.2. The van der Waals surface area contributed by atoms with Crippen molar-refractivity contribution in [2.75, 3.05) is 12.4 Å².